The summed E-state index contributed by atoms with van der Waals surface area (Å²) in [5.74, 6) is -0.953. The number of ketones is 1. The largest absolute Gasteiger partial charge is 0.390 e. The number of anilines is 2. The third-order valence-corrected chi connectivity index (χ3v) is 7.44. The number of aromatic nitrogens is 2. The summed E-state index contributed by atoms with van der Waals surface area (Å²) >= 11 is 6.37. The van der Waals surface area contributed by atoms with Crippen molar-refractivity contribution in [2.45, 2.75) is 64.0 Å². The van der Waals surface area contributed by atoms with Crippen LogP contribution >= 0.6 is 11.6 Å². The van der Waals surface area contributed by atoms with Crippen molar-refractivity contribution in [3.63, 3.8) is 0 Å². The van der Waals surface area contributed by atoms with Crippen molar-refractivity contribution in [3.05, 3.63) is 40.9 Å². The zero-order chi connectivity index (χ0) is 27.3. The summed E-state index contributed by atoms with van der Waals surface area (Å²) in [6.45, 7) is 6.19. The smallest absolute Gasteiger partial charge is 0.270 e. The van der Waals surface area contributed by atoms with E-state index < -0.39 is 11.5 Å². The van der Waals surface area contributed by atoms with E-state index in [4.69, 9.17) is 16.3 Å². The summed E-state index contributed by atoms with van der Waals surface area (Å²) in [4.78, 5) is 47.4. The second-order valence-electron chi connectivity index (χ2n) is 10.6. The molecule has 0 unspecified atom stereocenters. The number of benzene rings is 1. The number of ether oxygens (including phenoxy) is 1. The van der Waals surface area contributed by atoms with Gasteiger partial charge >= 0.3 is 0 Å². The van der Waals surface area contributed by atoms with Gasteiger partial charge in [-0.1, -0.05) is 11.6 Å². The zero-order valence-electron chi connectivity index (χ0n) is 21.9. The zero-order valence-corrected chi connectivity index (χ0v) is 22.6. The van der Waals surface area contributed by atoms with Crippen molar-refractivity contribution in [3.8, 4) is 0 Å². The van der Waals surface area contributed by atoms with Crippen molar-refractivity contribution in [1.82, 2.24) is 15.3 Å². The first-order valence-corrected chi connectivity index (χ1v) is 13.5. The molecular weight excluding hydrogens is 510 g/mol. The topological polar surface area (TPSA) is 137 Å². The number of morpholine rings is 1. The summed E-state index contributed by atoms with van der Waals surface area (Å²) in [6, 6.07) is 5.54. The van der Waals surface area contributed by atoms with Crippen molar-refractivity contribution in [2.24, 2.45) is 5.92 Å². The second kappa shape index (κ2) is 12.3. The van der Waals surface area contributed by atoms with Gasteiger partial charge in [-0.3, -0.25) is 14.4 Å². The van der Waals surface area contributed by atoms with E-state index >= 15 is 0 Å². The molecule has 2 fully saturated rings. The maximum absolute atomic E-state index is 13.0. The van der Waals surface area contributed by atoms with Crippen LogP contribution in [-0.2, 0) is 9.53 Å². The average Bonchev–Trinajstić information content (AvgIpc) is 3.39. The molecule has 0 radical (unpaired) electrons. The summed E-state index contributed by atoms with van der Waals surface area (Å²) in [5.41, 5.74) is 0.820. The molecule has 206 valence electrons. The third kappa shape index (κ3) is 7.33. The molecule has 11 heteroatoms. The van der Waals surface area contributed by atoms with Gasteiger partial charge < -0.3 is 30.4 Å². The van der Waals surface area contributed by atoms with Crippen molar-refractivity contribution < 1.29 is 24.2 Å². The number of nitrogens with one attached hydrogen (secondary N) is 3. The fraction of sp³-hybridized carbons (Fsp3) is 0.556. The van der Waals surface area contributed by atoms with Gasteiger partial charge in [-0.15, -0.1) is 0 Å². The predicted molar refractivity (Wildman–Crippen MR) is 145 cm³/mol. The SMILES string of the molecule is CC(C)(O)CCC(=O)c1nc[nH]c1C(=O)NC1CCC(C(=O)Nc2cc(N3CCOCC3)ccc2Cl)CC1. The molecule has 10 nitrogen and oxygen atoms in total. The van der Waals surface area contributed by atoms with Crippen molar-refractivity contribution >= 4 is 40.6 Å². The number of aromatic amines is 1. The van der Waals surface area contributed by atoms with Crippen molar-refractivity contribution in [2.75, 3.05) is 36.5 Å². The van der Waals surface area contributed by atoms with Gasteiger partial charge in [-0.25, -0.2) is 4.98 Å². The van der Waals surface area contributed by atoms with Crippen LogP contribution in [0, 0.1) is 5.92 Å². The summed E-state index contributed by atoms with van der Waals surface area (Å²) in [6.07, 6.45) is 4.22. The lowest BCUT2D eigenvalue weighted by molar-refractivity contribution is -0.120. The highest BCUT2D eigenvalue weighted by molar-refractivity contribution is 6.33. The molecule has 38 heavy (non-hydrogen) atoms. The summed E-state index contributed by atoms with van der Waals surface area (Å²) < 4.78 is 5.42. The van der Waals surface area contributed by atoms with Gasteiger partial charge in [0.05, 0.1) is 35.9 Å². The lowest BCUT2D eigenvalue weighted by Gasteiger charge is -2.30. The van der Waals surface area contributed by atoms with Crippen LogP contribution < -0.4 is 15.5 Å². The Labute approximate surface area is 227 Å². The van der Waals surface area contributed by atoms with Gasteiger partial charge in [0.15, 0.2) is 5.78 Å². The van der Waals surface area contributed by atoms with Gasteiger partial charge in [0.2, 0.25) is 5.91 Å². The number of imidazole rings is 1. The highest BCUT2D eigenvalue weighted by Crippen LogP contribution is 2.31. The number of Topliss-reactive ketones (excluding diaryl/α,β-unsaturated/α-hetero) is 1. The lowest BCUT2D eigenvalue weighted by atomic mass is 9.85. The molecule has 0 atom stereocenters. The summed E-state index contributed by atoms with van der Waals surface area (Å²) in [7, 11) is 0. The Morgan fingerprint density at radius 3 is 2.58 bits per heavy atom. The molecule has 0 bridgehead atoms. The Bertz CT molecular complexity index is 1150. The molecule has 1 saturated heterocycles. The first-order chi connectivity index (χ1) is 18.1. The molecular formula is C27H36ClN5O5. The Morgan fingerprint density at radius 2 is 1.89 bits per heavy atom. The molecule has 0 spiro atoms. The second-order valence-corrected chi connectivity index (χ2v) is 11.0. The number of hydrogen-bond donors (Lipinski definition) is 4. The summed E-state index contributed by atoms with van der Waals surface area (Å²) in [5, 5.41) is 16.3. The van der Waals surface area contributed by atoms with Crippen LogP contribution in [0.2, 0.25) is 5.02 Å². The Kier molecular flexibility index (Phi) is 9.07. The molecule has 1 aromatic heterocycles. The van der Waals surface area contributed by atoms with E-state index in [2.05, 4.69) is 25.5 Å². The number of carbonyl (C=O) groups excluding carboxylic acids is 3. The minimum absolute atomic E-state index is 0.0796. The fourth-order valence-electron chi connectivity index (χ4n) is 4.84. The molecule has 1 aliphatic heterocycles. The maximum Gasteiger partial charge on any atom is 0.270 e. The highest BCUT2D eigenvalue weighted by atomic mass is 35.5. The molecule has 2 aliphatic rings. The van der Waals surface area contributed by atoms with Crippen LogP contribution in [-0.4, -0.2) is 70.6 Å². The van der Waals surface area contributed by atoms with E-state index in [0.29, 0.717) is 49.6 Å². The predicted octanol–water partition coefficient (Wildman–Crippen LogP) is 3.56. The number of rotatable bonds is 9. The first kappa shape index (κ1) is 28.1. The van der Waals surface area contributed by atoms with Crippen LogP contribution in [0.25, 0.3) is 0 Å². The fourth-order valence-corrected chi connectivity index (χ4v) is 5.00. The molecule has 1 aliphatic carbocycles. The maximum atomic E-state index is 13.0. The Morgan fingerprint density at radius 1 is 1.18 bits per heavy atom. The third-order valence-electron chi connectivity index (χ3n) is 7.11. The van der Waals surface area contributed by atoms with Gasteiger partial charge in [-0.05, 0) is 64.2 Å². The quantitative estimate of drug-likeness (QED) is 0.354. The molecule has 1 saturated carbocycles. The average molecular weight is 546 g/mol. The molecule has 1 aromatic carbocycles. The number of H-pyrrole nitrogens is 1. The number of halogens is 1. The first-order valence-electron chi connectivity index (χ1n) is 13.1. The van der Waals surface area contributed by atoms with Crippen LogP contribution in [0.1, 0.15) is 73.3 Å². The Hall–Kier alpha value is -2.95. The van der Waals surface area contributed by atoms with E-state index in [-0.39, 0.29) is 47.9 Å². The van der Waals surface area contributed by atoms with Crippen LogP contribution in [0.5, 0.6) is 0 Å². The minimum Gasteiger partial charge on any atom is -0.390 e. The van der Waals surface area contributed by atoms with Gasteiger partial charge in [-0.2, -0.15) is 0 Å². The number of hydrogen-bond acceptors (Lipinski definition) is 7. The minimum atomic E-state index is -0.976. The molecule has 2 heterocycles. The Balaban J connectivity index is 1.28. The van der Waals surface area contributed by atoms with E-state index in [9.17, 15) is 19.5 Å². The number of amides is 2. The highest BCUT2D eigenvalue weighted by Gasteiger charge is 2.29. The van der Waals surface area contributed by atoms with E-state index in [1.54, 1.807) is 19.9 Å². The normalized spacial score (nSPS) is 20.2. The van der Waals surface area contributed by atoms with E-state index in [0.717, 1.165) is 18.8 Å². The van der Waals surface area contributed by atoms with E-state index in [1.807, 2.05) is 12.1 Å². The van der Waals surface area contributed by atoms with Crippen LogP contribution in [0.3, 0.4) is 0 Å². The lowest BCUT2D eigenvalue weighted by Crippen LogP contribution is -2.40. The molecule has 2 aromatic rings. The number of carbonyl (C=O) groups is 3. The van der Waals surface area contributed by atoms with Crippen molar-refractivity contribution in [1.29, 1.82) is 0 Å². The monoisotopic (exact) mass is 545 g/mol. The number of nitrogens with zero attached hydrogens (tertiary/aromatic N) is 2. The van der Waals surface area contributed by atoms with Gasteiger partial charge in [0.1, 0.15) is 11.4 Å². The van der Waals surface area contributed by atoms with E-state index in [1.165, 1.54) is 6.33 Å². The van der Waals surface area contributed by atoms with Gasteiger partial charge in [0.25, 0.3) is 5.91 Å². The molecule has 2 amide bonds. The van der Waals surface area contributed by atoms with Crippen LogP contribution in [0.4, 0.5) is 11.4 Å². The number of aliphatic hydroxyl groups is 1. The van der Waals surface area contributed by atoms with Gasteiger partial charge in [0, 0.05) is 37.2 Å². The molecule has 4 rings (SSSR count). The molecule has 4 N–H and O–H groups in total. The standard InChI is InChI=1S/C27H36ClN5O5/c1-27(2,37)10-9-22(34)23-24(30-16-29-23)26(36)31-18-5-3-17(4-6-18)25(35)32-21-15-19(7-8-20(21)28)33-11-13-38-14-12-33/h7-8,15-18,37H,3-6,9-14H2,1-2H3,(H,29,30)(H,31,36)(H,32,35). The van der Waals surface area contributed by atoms with Crippen LogP contribution in [0.15, 0.2) is 24.5 Å².